The molecule has 1 saturated heterocycles. The lowest BCUT2D eigenvalue weighted by molar-refractivity contribution is 0.101. The van der Waals surface area contributed by atoms with Gasteiger partial charge in [0.25, 0.3) is 0 Å². The summed E-state index contributed by atoms with van der Waals surface area (Å²) < 4.78 is 0. The minimum absolute atomic E-state index is 0.726. The van der Waals surface area contributed by atoms with Gasteiger partial charge in [-0.3, -0.25) is 10.7 Å². The van der Waals surface area contributed by atoms with Gasteiger partial charge in [-0.25, -0.2) is 5.01 Å². The van der Waals surface area contributed by atoms with Crippen LogP contribution < -0.4 is 5.84 Å². The lowest BCUT2D eigenvalue weighted by Gasteiger charge is -2.35. The molecule has 0 spiro atoms. The molecule has 1 rings (SSSR count). The van der Waals surface area contributed by atoms with E-state index in [0.717, 1.165) is 32.2 Å². The molecule has 3 heteroatoms. The lowest BCUT2D eigenvalue weighted by Crippen LogP contribution is -2.51. The van der Waals surface area contributed by atoms with Crippen LogP contribution in [0.5, 0.6) is 0 Å². The highest BCUT2D eigenvalue weighted by atomic mass is 15.4. The second-order valence-corrected chi connectivity index (χ2v) is 3.33. The Morgan fingerprint density at radius 2 is 1.82 bits per heavy atom. The summed E-state index contributed by atoms with van der Waals surface area (Å²) in [6.07, 6.45) is 1.24. The Kier molecular flexibility index (Phi) is 3.30. The van der Waals surface area contributed by atoms with Crippen molar-refractivity contribution in [2.24, 2.45) is 5.84 Å². The summed E-state index contributed by atoms with van der Waals surface area (Å²) in [7, 11) is 0. The van der Waals surface area contributed by atoms with Crippen LogP contribution in [0.3, 0.4) is 0 Å². The van der Waals surface area contributed by atoms with Crippen LogP contribution in [-0.4, -0.2) is 42.1 Å². The molecule has 0 bridgehead atoms. The van der Waals surface area contributed by atoms with Crippen LogP contribution in [0.1, 0.15) is 20.3 Å². The molecule has 0 aromatic carbocycles. The Hall–Kier alpha value is -0.120. The van der Waals surface area contributed by atoms with Crippen molar-refractivity contribution in [3.05, 3.63) is 0 Å². The molecule has 0 radical (unpaired) electrons. The Balaban J connectivity index is 2.27. The Bertz CT molecular complexity index is 108. The number of nitrogens with zero attached hydrogens (tertiary/aromatic N) is 2. The van der Waals surface area contributed by atoms with Crippen molar-refractivity contribution < 1.29 is 0 Å². The third-order valence-corrected chi connectivity index (χ3v) is 2.56. The quantitative estimate of drug-likeness (QED) is 0.584. The van der Waals surface area contributed by atoms with Crippen molar-refractivity contribution in [1.29, 1.82) is 0 Å². The van der Waals surface area contributed by atoms with Gasteiger partial charge in [0, 0.05) is 32.2 Å². The van der Waals surface area contributed by atoms with Gasteiger partial charge in [-0.2, -0.15) is 0 Å². The summed E-state index contributed by atoms with van der Waals surface area (Å²) in [5.41, 5.74) is 0. The monoisotopic (exact) mass is 157 g/mol. The second-order valence-electron chi connectivity index (χ2n) is 3.33. The van der Waals surface area contributed by atoms with Crippen LogP contribution in [-0.2, 0) is 0 Å². The average Bonchev–Trinajstić information content (AvgIpc) is 2.05. The number of hydrogen-bond acceptors (Lipinski definition) is 3. The summed E-state index contributed by atoms with van der Waals surface area (Å²) in [5.74, 6) is 5.65. The fourth-order valence-electron chi connectivity index (χ4n) is 1.44. The van der Waals surface area contributed by atoms with E-state index in [-0.39, 0.29) is 0 Å². The molecular formula is C8H19N3. The first-order chi connectivity index (χ1) is 5.24. The third-order valence-electron chi connectivity index (χ3n) is 2.56. The van der Waals surface area contributed by atoms with E-state index in [1.165, 1.54) is 6.42 Å². The molecular weight excluding hydrogens is 138 g/mol. The Morgan fingerprint density at radius 3 is 2.27 bits per heavy atom. The van der Waals surface area contributed by atoms with Crippen molar-refractivity contribution in [3.63, 3.8) is 0 Å². The Labute approximate surface area is 69.1 Å². The molecule has 2 N–H and O–H groups in total. The van der Waals surface area contributed by atoms with Gasteiger partial charge in [0.1, 0.15) is 0 Å². The predicted octanol–water partition coefficient (Wildman–Crippen LogP) is 0.276. The first-order valence-electron chi connectivity index (χ1n) is 4.47. The van der Waals surface area contributed by atoms with Crippen molar-refractivity contribution in [2.75, 3.05) is 26.2 Å². The van der Waals surface area contributed by atoms with Crippen LogP contribution in [0.25, 0.3) is 0 Å². The van der Waals surface area contributed by atoms with Crippen molar-refractivity contribution in [1.82, 2.24) is 9.91 Å². The van der Waals surface area contributed by atoms with E-state index in [9.17, 15) is 0 Å². The minimum Gasteiger partial charge on any atom is -0.298 e. The molecule has 3 nitrogen and oxygen atoms in total. The molecule has 1 aliphatic heterocycles. The molecule has 1 fully saturated rings. The van der Waals surface area contributed by atoms with Gasteiger partial charge >= 0.3 is 0 Å². The van der Waals surface area contributed by atoms with Crippen LogP contribution in [0, 0.1) is 0 Å². The van der Waals surface area contributed by atoms with E-state index in [4.69, 9.17) is 5.84 Å². The van der Waals surface area contributed by atoms with Crippen LogP contribution in [0.15, 0.2) is 0 Å². The largest absolute Gasteiger partial charge is 0.298 e. The molecule has 11 heavy (non-hydrogen) atoms. The molecule has 0 aromatic heterocycles. The molecule has 1 aliphatic rings. The molecule has 0 aromatic rings. The summed E-state index contributed by atoms with van der Waals surface area (Å²) >= 11 is 0. The molecule has 0 amide bonds. The van der Waals surface area contributed by atoms with Crippen molar-refractivity contribution >= 4 is 0 Å². The minimum atomic E-state index is 0.726. The molecule has 0 saturated carbocycles. The maximum Gasteiger partial charge on any atom is 0.0257 e. The molecule has 1 heterocycles. The topological polar surface area (TPSA) is 32.5 Å². The first-order valence-corrected chi connectivity index (χ1v) is 4.47. The number of nitrogens with two attached hydrogens (primary N) is 1. The molecule has 0 aliphatic carbocycles. The van der Waals surface area contributed by atoms with Crippen LogP contribution >= 0.6 is 0 Å². The molecule has 1 unspecified atom stereocenters. The van der Waals surface area contributed by atoms with Gasteiger partial charge in [-0.15, -0.1) is 0 Å². The van der Waals surface area contributed by atoms with Crippen molar-refractivity contribution in [3.8, 4) is 0 Å². The predicted molar refractivity (Wildman–Crippen MR) is 47.1 cm³/mol. The Morgan fingerprint density at radius 1 is 1.27 bits per heavy atom. The molecule has 1 atom stereocenters. The zero-order chi connectivity index (χ0) is 8.27. The highest BCUT2D eigenvalue weighted by Gasteiger charge is 2.17. The fourth-order valence-corrected chi connectivity index (χ4v) is 1.44. The van der Waals surface area contributed by atoms with Crippen LogP contribution in [0.4, 0.5) is 0 Å². The maximum absolute atomic E-state index is 5.65. The summed E-state index contributed by atoms with van der Waals surface area (Å²) in [6, 6.07) is 0.726. The number of hydrazine groups is 1. The summed E-state index contributed by atoms with van der Waals surface area (Å²) in [6.45, 7) is 8.82. The van der Waals surface area contributed by atoms with Gasteiger partial charge in [0.15, 0.2) is 0 Å². The van der Waals surface area contributed by atoms with Gasteiger partial charge in [-0.1, -0.05) is 6.92 Å². The molecule has 66 valence electrons. The fraction of sp³-hybridized carbons (Fsp3) is 1.00. The zero-order valence-corrected chi connectivity index (χ0v) is 7.58. The summed E-state index contributed by atoms with van der Waals surface area (Å²) in [5, 5.41) is 1.90. The van der Waals surface area contributed by atoms with Gasteiger partial charge in [0.2, 0.25) is 0 Å². The highest BCUT2D eigenvalue weighted by Crippen LogP contribution is 2.05. The summed E-state index contributed by atoms with van der Waals surface area (Å²) in [4.78, 5) is 2.50. The first kappa shape index (κ1) is 8.97. The van der Waals surface area contributed by atoms with Gasteiger partial charge in [-0.05, 0) is 13.3 Å². The SMILES string of the molecule is CCC(C)N1CCN(N)CC1. The van der Waals surface area contributed by atoms with Crippen LogP contribution in [0.2, 0.25) is 0 Å². The van der Waals surface area contributed by atoms with E-state index in [1.807, 2.05) is 5.01 Å². The van der Waals surface area contributed by atoms with E-state index in [2.05, 4.69) is 18.7 Å². The second kappa shape index (κ2) is 4.04. The highest BCUT2D eigenvalue weighted by molar-refractivity contribution is 4.72. The van der Waals surface area contributed by atoms with E-state index < -0.39 is 0 Å². The standard InChI is InChI=1S/C8H19N3/c1-3-8(2)10-4-6-11(9)7-5-10/h8H,3-7,9H2,1-2H3. The lowest BCUT2D eigenvalue weighted by atomic mass is 10.2. The van der Waals surface area contributed by atoms with E-state index >= 15 is 0 Å². The zero-order valence-electron chi connectivity index (χ0n) is 7.58. The average molecular weight is 157 g/mol. The van der Waals surface area contributed by atoms with Gasteiger partial charge < -0.3 is 0 Å². The number of rotatable bonds is 2. The number of piperazine rings is 1. The van der Waals surface area contributed by atoms with Gasteiger partial charge in [0.05, 0.1) is 0 Å². The number of hydrogen-bond donors (Lipinski definition) is 1. The smallest absolute Gasteiger partial charge is 0.0257 e. The van der Waals surface area contributed by atoms with E-state index in [0.29, 0.717) is 0 Å². The van der Waals surface area contributed by atoms with E-state index in [1.54, 1.807) is 0 Å². The maximum atomic E-state index is 5.65. The van der Waals surface area contributed by atoms with Crippen molar-refractivity contribution in [2.45, 2.75) is 26.3 Å². The third kappa shape index (κ3) is 2.43. The normalized spacial score (nSPS) is 25.4.